The van der Waals surface area contributed by atoms with Crippen molar-refractivity contribution in [3.63, 3.8) is 0 Å². The number of quaternary nitrogens is 1. The molecule has 100 valence electrons. The van der Waals surface area contributed by atoms with E-state index in [4.69, 9.17) is 5.11 Å². The standard InChI is InChI=1S/C12H15N5O2/c1-17-7-2-13-8-10(17)11(14-9-17)15-3-5-16(6-4-15)12(18)19/h2,7-9H,3-6H2,1H3/p+1. The van der Waals surface area contributed by atoms with Crippen molar-refractivity contribution in [2.45, 2.75) is 0 Å². The average molecular weight is 262 g/mol. The number of nitrogens with zero attached hydrogens (tertiary/aromatic N) is 5. The summed E-state index contributed by atoms with van der Waals surface area (Å²) in [5, 5.41) is 8.95. The normalized spacial score (nSPS) is 29.1. The molecule has 3 aliphatic rings. The van der Waals surface area contributed by atoms with Crippen LogP contribution < -0.4 is 0 Å². The zero-order valence-corrected chi connectivity index (χ0v) is 10.7. The predicted octanol–water partition coefficient (Wildman–Crippen LogP) is 0.495. The van der Waals surface area contributed by atoms with E-state index in [1.165, 1.54) is 4.90 Å². The minimum absolute atomic E-state index is 0.512. The molecule has 0 aromatic heterocycles. The van der Waals surface area contributed by atoms with E-state index in [1.807, 2.05) is 25.8 Å². The van der Waals surface area contributed by atoms with Crippen LogP contribution in [0.4, 0.5) is 4.79 Å². The van der Waals surface area contributed by atoms with Crippen LogP contribution in [0.1, 0.15) is 0 Å². The van der Waals surface area contributed by atoms with E-state index in [0.29, 0.717) is 30.7 Å². The number of rotatable bonds is 1. The lowest BCUT2D eigenvalue weighted by atomic mass is 10.3. The lowest BCUT2D eigenvalue weighted by molar-refractivity contribution is -0.706. The number of hydrogen-bond acceptors (Lipinski definition) is 4. The van der Waals surface area contributed by atoms with Crippen molar-refractivity contribution in [2.75, 3.05) is 33.2 Å². The van der Waals surface area contributed by atoms with Gasteiger partial charge in [-0.25, -0.2) is 9.28 Å². The summed E-state index contributed by atoms with van der Waals surface area (Å²) in [6.07, 6.45) is 6.58. The highest BCUT2D eigenvalue weighted by atomic mass is 16.4. The fourth-order valence-electron chi connectivity index (χ4n) is 2.46. The minimum atomic E-state index is -0.852. The van der Waals surface area contributed by atoms with Gasteiger partial charge in [-0.15, -0.1) is 0 Å². The summed E-state index contributed by atoms with van der Waals surface area (Å²) in [5.74, 6) is 0.903. The number of carbonyl (C=O) groups is 1. The first-order valence-corrected chi connectivity index (χ1v) is 6.20. The van der Waals surface area contributed by atoms with Crippen molar-refractivity contribution in [3.05, 3.63) is 23.9 Å². The molecule has 1 N–H and O–H groups in total. The Bertz CT molecular complexity index is 528. The minimum Gasteiger partial charge on any atom is -0.465 e. The molecule has 3 aliphatic heterocycles. The van der Waals surface area contributed by atoms with Gasteiger partial charge in [0.1, 0.15) is 6.20 Å². The van der Waals surface area contributed by atoms with E-state index in [2.05, 4.69) is 14.9 Å². The first-order valence-electron chi connectivity index (χ1n) is 6.20. The van der Waals surface area contributed by atoms with Gasteiger partial charge < -0.3 is 14.9 Å². The Morgan fingerprint density at radius 3 is 2.79 bits per heavy atom. The lowest BCUT2D eigenvalue weighted by Gasteiger charge is -2.34. The van der Waals surface area contributed by atoms with Crippen LogP contribution in [-0.4, -0.2) is 71.3 Å². The topological polar surface area (TPSA) is 68.5 Å². The second-order valence-electron chi connectivity index (χ2n) is 4.93. The molecule has 7 heteroatoms. The molecule has 3 rings (SSSR count). The molecule has 0 bridgehead atoms. The number of fused-ring (bicyclic) bond motifs is 1. The van der Waals surface area contributed by atoms with Gasteiger partial charge >= 0.3 is 6.09 Å². The molecular weight excluding hydrogens is 246 g/mol. The van der Waals surface area contributed by atoms with Gasteiger partial charge in [0.05, 0.1) is 19.5 Å². The summed E-state index contributed by atoms with van der Waals surface area (Å²) in [7, 11) is 2.04. The van der Waals surface area contributed by atoms with Crippen LogP contribution in [0, 0.1) is 0 Å². The number of carboxylic acid groups (broad SMARTS) is 1. The first-order chi connectivity index (χ1) is 9.10. The maximum atomic E-state index is 10.9. The van der Waals surface area contributed by atoms with Gasteiger partial charge in [0.15, 0.2) is 5.82 Å². The number of aliphatic imine (C=N–C) groups is 2. The van der Waals surface area contributed by atoms with Crippen LogP contribution in [0.25, 0.3) is 0 Å². The van der Waals surface area contributed by atoms with E-state index in [1.54, 1.807) is 6.20 Å². The van der Waals surface area contributed by atoms with Gasteiger partial charge in [-0.1, -0.05) is 0 Å². The molecule has 0 saturated carbocycles. The molecule has 3 heterocycles. The summed E-state index contributed by atoms with van der Waals surface area (Å²) in [5.41, 5.74) is 1.03. The summed E-state index contributed by atoms with van der Waals surface area (Å²) in [6.45, 7) is 2.36. The third-order valence-electron chi connectivity index (χ3n) is 3.68. The molecule has 0 aliphatic carbocycles. The molecular formula is C12H16N5O2+. The van der Waals surface area contributed by atoms with E-state index in [9.17, 15) is 4.79 Å². The molecule has 0 aromatic carbocycles. The second-order valence-corrected chi connectivity index (χ2v) is 4.93. The van der Waals surface area contributed by atoms with Crippen molar-refractivity contribution in [1.82, 2.24) is 9.80 Å². The van der Waals surface area contributed by atoms with E-state index in [-0.39, 0.29) is 0 Å². The SMILES string of the molecule is C[N+]12C=CN=CC1=C(N1CCN(C(=O)O)CC1)N=C2. The summed E-state index contributed by atoms with van der Waals surface area (Å²) in [4.78, 5) is 23.1. The van der Waals surface area contributed by atoms with Crippen LogP contribution in [0.5, 0.6) is 0 Å². The van der Waals surface area contributed by atoms with Gasteiger partial charge in [0, 0.05) is 26.2 Å². The van der Waals surface area contributed by atoms with Gasteiger partial charge in [0.25, 0.3) is 0 Å². The largest absolute Gasteiger partial charge is 0.465 e. The van der Waals surface area contributed by atoms with Crippen LogP contribution >= 0.6 is 0 Å². The molecule has 1 unspecified atom stereocenters. The molecule has 1 atom stereocenters. The smallest absolute Gasteiger partial charge is 0.407 e. The molecule has 0 radical (unpaired) electrons. The Balaban J connectivity index is 1.80. The van der Waals surface area contributed by atoms with Gasteiger partial charge in [-0.2, -0.15) is 4.99 Å². The Hall–Kier alpha value is -2.15. The molecule has 0 aromatic rings. The molecule has 1 fully saturated rings. The van der Waals surface area contributed by atoms with Crippen molar-refractivity contribution in [2.24, 2.45) is 9.98 Å². The third-order valence-corrected chi connectivity index (χ3v) is 3.68. The Morgan fingerprint density at radius 1 is 1.37 bits per heavy atom. The van der Waals surface area contributed by atoms with E-state index in [0.717, 1.165) is 11.5 Å². The van der Waals surface area contributed by atoms with Crippen LogP contribution in [0.2, 0.25) is 0 Å². The Morgan fingerprint density at radius 2 is 2.11 bits per heavy atom. The van der Waals surface area contributed by atoms with Crippen LogP contribution in [0.15, 0.2) is 33.9 Å². The zero-order chi connectivity index (χ0) is 13.5. The summed E-state index contributed by atoms with van der Waals surface area (Å²) in [6, 6.07) is 0. The monoisotopic (exact) mass is 262 g/mol. The molecule has 0 spiro atoms. The maximum Gasteiger partial charge on any atom is 0.407 e. The fraction of sp³-hybridized carbons (Fsp3) is 0.417. The number of hydrogen-bond donors (Lipinski definition) is 1. The Kier molecular flexibility index (Phi) is 2.63. The van der Waals surface area contributed by atoms with Crippen molar-refractivity contribution in [1.29, 1.82) is 0 Å². The predicted molar refractivity (Wildman–Crippen MR) is 70.5 cm³/mol. The van der Waals surface area contributed by atoms with Crippen molar-refractivity contribution in [3.8, 4) is 0 Å². The molecule has 1 amide bonds. The quantitative estimate of drug-likeness (QED) is 0.699. The number of allylic oxidation sites excluding steroid dienone is 1. The highest BCUT2D eigenvalue weighted by Crippen LogP contribution is 2.28. The van der Waals surface area contributed by atoms with Gasteiger partial charge in [-0.05, 0) is 0 Å². The summed E-state index contributed by atoms with van der Waals surface area (Å²) < 4.78 is 0.526. The van der Waals surface area contributed by atoms with Gasteiger partial charge in [0.2, 0.25) is 12.0 Å². The second kappa shape index (κ2) is 4.20. The number of amides is 1. The van der Waals surface area contributed by atoms with Crippen molar-refractivity contribution < 1.29 is 14.4 Å². The Labute approximate surface area is 111 Å². The maximum absolute atomic E-state index is 10.9. The summed E-state index contributed by atoms with van der Waals surface area (Å²) >= 11 is 0. The van der Waals surface area contributed by atoms with E-state index >= 15 is 0 Å². The average Bonchev–Trinajstić information content (AvgIpc) is 2.76. The first kappa shape index (κ1) is 11.9. The molecule has 7 nitrogen and oxygen atoms in total. The highest BCUT2D eigenvalue weighted by Gasteiger charge is 2.37. The third kappa shape index (κ3) is 1.91. The lowest BCUT2D eigenvalue weighted by Crippen LogP contribution is -2.48. The van der Waals surface area contributed by atoms with Gasteiger partial charge in [-0.3, -0.25) is 4.99 Å². The van der Waals surface area contributed by atoms with Crippen molar-refractivity contribution >= 4 is 18.6 Å². The van der Waals surface area contributed by atoms with E-state index < -0.39 is 6.09 Å². The fourth-order valence-corrected chi connectivity index (χ4v) is 2.46. The zero-order valence-electron chi connectivity index (χ0n) is 10.7. The van der Waals surface area contributed by atoms with Crippen LogP contribution in [-0.2, 0) is 0 Å². The molecule has 19 heavy (non-hydrogen) atoms. The highest BCUT2D eigenvalue weighted by molar-refractivity contribution is 5.83. The molecule has 1 saturated heterocycles. The number of piperazine rings is 1. The van der Waals surface area contributed by atoms with Crippen LogP contribution in [0.3, 0.4) is 0 Å².